The van der Waals surface area contributed by atoms with Gasteiger partial charge in [0.1, 0.15) is 11.4 Å². The summed E-state index contributed by atoms with van der Waals surface area (Å²) in [5.74, 6) is 0.515. The first-order valence-electron chi connectivity index (χ1n) is 7.73. The van der Waals surface area contributed by atoms with Crippen LogP contribution in [0.25, 0.3) is 0 Å². The molecule has 2 rings (SSSR count). The number of rotatable bonds is 4. The number of ether oxygens (including phenoxy) is 2. The van der Waals surface area contributed by atoms with E-state index < -0.39 is 11.7 Å². The van der Waals surface area contributed by atoms with E-state index in [9.17, 15) is 9.59 Å². The van der Waals surface area contributed by atoms with Crippen molar-refractivity contribution in [2.75, 3.05) is 12.4 Å². The molecule has 25 heavy (non-hydrogen) atoms. The molecule has 1 aromatic heterocycles. The van der Waals surface area contributed by atoms with Gasteiger partial charge in [-0.15, -0.1) is 0 Å². The fraction of sp³-hybridized carbons (Fsp3) is 0.278. The summed E-state index contributed by atoms with van der Waals surface area (Å²) in [4.78, 5) is 27.6. The van der Waals surface area contributed by atoms with Gasteiger partial charge in [0.2, 0.25) is 0 Å². The van der Waals surface area contributed by atoms with E-state index >= 15 is 0 Å². The van der Waals surface area contributed by atoms with Crippen LogP contribution < -0.4 is 15.4 Å². The van der Waals surface area contributed by atoms with E-state index in [2.05, 4.69) is 15.6 Å². The summed E-state index contributed by atoms with van der Waals surface area (Å²) in [6, 6.07) is 10.0. The highest BCUT2D eigenvalue weighted by Crippen LogP contribution is 2.25. The molecule has 0 saturated heterocycles. The third-order valence-corrected chi connectivity index (χ3v) is 2.94. The molecule has 7 nitrogen and oxygen atoms in total. The van der Waals surface area contributed by atoms with Crippen LogP contribution in [0.5, 0.6) is 11.5 Å². The molecule has 0 aliphatic carbocycles. The van der Waals surface area contributed by atoms with Crippen molar-refractivity contribution in [3.63, 3.8) is 0 Å². The molecule has 132 valence electrons. The van der Waals surface area contributed by atoms with Crippen molar-refractivity contribution in [3.8, 4) is 11.5 Å². The van der Waals surface area contributed by atoms with Crippen molar-refractivity contribution in [1.29, 1.82) is 0 Å². The van der Waals surface area contributed by atoms with Crippen LogP contribution in [0.1, 0.15) is 31.3 Å². The van der Waals surface area contributed by atoms with Crippen molar-refractivity contribution in [1.82, 2.24) is 10.3 Å². The Morgan fingerprint density at radius 2 is 1.76 bits per heavy atom. The number of amides is 2. The minimum Gasteiger partial charge on any atom is -0.455 e. The number of nitrogens with one attached hydrogen (secondary N) is 2. The van der Waals surface area contributed by atoms with Gasteiger partial charge in [0.15, 0.2) is 11.4 Å². The number of pyridine rings is 1. The van der Waals surface area contributed by atoms with E-state index in [1.807, 2.05) is 0 Å². The first-order chi connectivity index (χ1) is 11.8. The van der Waals surface area contributed by atoms with E-state index in [1.165, 1.54) is 13.2 Å². The molecular formula is C18H21N3O4. The summed E-state index contributed by atoms with van der Waals surface area (Å²) >= 11 is 0. The number of aromatic nitrogens is 1. The van der Waals surface area contributed by atoms with Crippen molar-refractivity contribution in [2.24, 2.45) is 0 Å². The Kier molecular flexibility index (Phi) is 5.59. The summed E-state index contributed by atoms with van der Waals surface area (Å²) in [7, 11) is 1.53. The Labute approximate surface area is 146 Å². The Morgan fingerprint density at radius 1 is 1.08 bits per heavy atom. The van der Waals surface area contributed by atoms with Crippen LogP contribution in [0.15, 0.2) is 42.6 Å². The highest BCUT2D eigenvalue weighted by Gasteiger charge is 2.16. The van der Waals surface area contributed by atoms with Crippen LogP contribution in [-0.4, -0.2) is 29.6 Å². The smallest absolute Gasteiger partial charge is 0.412 e. The Morgan fingerprint density at radius 3 is 2.36 bits per heavy atom. The molecule has 0 aliphatic rings. The average molecular weight is 343 g/mol. The zero-order valence-corrected chi connectivity index (χ0v) is 14.6. The van der Waals surface area contributed by atoms with E-state index in [0.717, 1.165) is 0 Å². The zero-order chi connectivity index (χ0) is 18.4. The number of anilines is 1. The predicted molar refractivity (Wildman–Crippen MR) is 94.0 cm³/mol. The summed E-state index contributed by atoms with van der Waals surface area (Å²) < 4.78 is 10.9. The van der Waals surface area contributed by atoms with Crippen LogP contribution in [-0.2, 0) is 4.74 Å². The first-order valence-corrected chi connectivity index (χ1v) is 7.73. The zero-order valence-electron chi connectivity index (χ0n) is 14.6. The van der Waals surface area contributed by atoms with Crippen molar-refractivity contribution in [2.45, 2.75) is 26.4 Å². The lowest BCUT2D eigenvalue weighted by atomic mass is 10.2. The maximum atomic E-state index is 11.8. The van der Waals surface area contributed by atoms with Crippen molar-refractivity contribution < 1.29 is 19.1 Å². The second-order valence-corrected chi connectivity index (χ2v) is 6.18. The molecule has 0 atom stereocenters. The third kappa shape index (κ3) is 5.49. The van der Waals surface area contributed by atoms with E-state index in [4.69, 9.17) is 9.47 Å². The molecule has 1 heterocycles. The van der Waals surface area contributed by atoms with Gasteiger partial charge in [-0.2, -0.15) is 0 Å². The van der Waals surface area contributed by atoms with E-state index in [-0.39, 0.29) is 11.6 Å². The molecule has 2 N–H and O–H groups in total. The molecule has 0 unspecified atom stereocenters. The first kappa shape index (κ1) is 18.3. The molecule has 1 aromatic carbocycles. The fourth-order valence-electron chi connectivity index (χ4n) is 1.92. The quantitative estimate of drug-likeness (QED) is 0.885. The van der Waals surface area contributed by atoms with E-state index in [1.54, 1.807) is 57.2 Å². The number of hydrogen-bond acceptors (Lipinski definition) is 5. The maximum Gasteiger partial charge on any atom is 0.412 e. The number of benzene rings is 1. The molecule has 0 aliphatic heterocycles. The minimum absolute atomic E-state index is 0.195. The van der Waals surface area contributed by atoms with Crippen LogP contribution in [0.2, 0.25) is 0 Å². The SMILES string of the molecule is CNC(=O)c1ncccc1Oc1ccc(NC(=O)OC(C)(C)C)cc1. The van der Waals surface area contributed by atoms with Gasteiger partial charge in [-0.25, -0.2) is 9.78 Å². The number of nitrogens with zero attached hydrogens (tertiary/aromatic N) is 1. The van der Waals surface area contributed by atoms with Crippen LogP contribution in [0.4, 0.5) is 10.5 Å². The number of carbonyl (C=O) groups excluding carboxylic acids is 2. The average Bonchev–Trinajstić information content (AvgIpc) is 2.54. The highest BCUT2D eigenvalue weighted by molar-refractivity contribution is 5.94. The van der Waals surface area contributed by atoms with Gasteiger partial charge in [0.05, 0.1) is 0 Å². The van der Waals surface area contributed by atoms with Crippen molar-refractivity contribution in [3.05, 3.63) is 48.3 Å². The largest absolute Gasteiger partial charge is 0.455 e. The topological polar surface area (TPSA) is 89.5 Å². The predicted octanol–water partition coefficient (Wildman–Crippen LogP) is 3.58. The van der Waals surface area contributed by atoms with Crippen molar-refractivity contribution >= 4 is 17.7 Å². The lowest BCUT2D eigenvalue weighted by molar-refractivity contribution is 0.0635. The van der Waals surface area contributed by atoms with Gasteiger partial charge in [0, 0.05) is 18.9 Å². The monoisotopic (exact) mass is 343 g/mol. The second kappa shape index (κ2) is 7.65. The lowest BCUT2D eigenvalue weighted by Crippen LogP contribution is -2.27. The summed E-state index contributed by atoms with van der Waals surface area (Å²) in [6.07, 6.45) is 0.987. The minimum atomic E-state index is -0.566. The molecule has 2 aromatic rings. The molecule has 2 amide bonds. The Hall–Kier alpha value is -3.09. The Balaban J connectivity index is 2.06. The van der Waals surface area contributed by atoms with Crippen LogP contribution in [0.3, 0.4) is 0 Å². The highest BCUT2D eigenvalue weighted by atomic mass is 16.6. The van der Waals surface area contributed by atoms with Gasteiger partial charge in [0.25, 0.3) is 5.91 Å². The normalized spacial score (nSPS) is 10.7. The molecule has 0 fully saturated rings. The van der Waals surface area contributed by atoms with E-state index in [0.29, 0.717) is 17.2 Å². The van der Waals surface area contributed by atoms with Gasteiger partial charge >= 0.3 is 6.09 Å². The van der Waals surface area contributed by atoms with Gasteiger partial charge in [-0.3, -0.25) is 10.1 Å². The Bertz CT molecular complexity index is 752. The number of hydrogen-bond donors (Lipinski definition) is 2. The molecule has 7 heteroatoms. The molecule has 0 bridgehead atoms. The lowest BCUT2D eigenvalue weighted by Gasteiger charge is -2.19. The van der Waals surface area contributed by atoms with Gasteiger partial charge < -0.3 is 14.8 Å². The van der Waals surface area contributed by atoms with Gasteiger partial charge in [-0.05, 0) is 57.2 Å². The molecular weight excluding hydrogens is 322 g/mol. The summed E-state index contributed by atoms with van der Waals surface area (Å²) in [6.45, 7) is 5.38. The van der Waals surface area contributed by atoms with Gasteiger partial charge in [-0.1, -0.05) is 0 Å². The summed E-state index contributed by atoms with van der Waals surface area (Å²) in [5.41, 5.74) is 0.198. The summed E-state index contributed by atoms with van der Waals surface area (Å²) in [5, 5.41) is 5.15. The van der Waals surface area contributed by atoms with Crippen LogP contribution in [0, 0.1) is 0 Å². The number of carbonyl (C=O) groups is 2. The maximum absolute atomic E-state index is 11.8. The molecule has 0 radical (unpaired) electrons. The standard InChI is InChI=1S/C18H21N3O4/c1-18(2,3)25-17(23)21-12-7-9-13(10-8-12)24-14-6-5-11-20-15(14)16(22)19-4/h5-11H,1-4H3,(H,19,22)(H,21,23). The second-order valence-electron chi connectivity index (χ2n) is 6.18. The molecule has 0 saturated carbocycles. The fourth-order valence-corrected chi connectivity index (χ4v) is 1.92. The van der Waals surface area contributed by atoms with Crippen LogP contribution >= 0.6 is 0 Å². The third-order valence-electron chi connectivity index (χ3n) is 2.94. The molecule has 0 spiro atoms.